The monoisotopic (exact) mass is 286 g/mol. The highest BCUT2D eigenvalue weighted by atomic mass is 16.2. The first-order valence-electron chi connectivity index (χ1n) is 6.76. The third-order valence-corrected chi connectivity index (χ3v) is 3.45. The fourth-order valence-electron chi connectivity index (χ4n) is 2.18. The van der Waals surface area contributed by atoms with Crippen LogP contribution in [0.3, 0.4) is 0 Å². The van der Waals surface area contributed by atoms with Crippen LogP contribution in [0.2, 0.25) is 0 Å². The fraction of sp³-hybridized carbons (Fsp3) is 0.375. The first-order valence-corrected chi connectivity index (χ1v) is 6.76. The fourth-order valence-corrected chi connectivity index (χ4v) is 2.18. The summed E-state index contributed by atoms with van der Waals surface area (Å²) in [7, 11) is 1.73. The van der Waals surface area contributed by atoms with E-state index in [2.05, 4.69) is 11.8 Å². The van der Waals surface area contributed by atoms with Crippen LogP contribution in [0.25, 0.3) is 0 Å². The molecule has 5 heteroatoms. The van der Waals surface area contributed by atoms with Crippen molar-refractivity contribution >= 4 is 11.8 Å². The summed E-state index contributed by atoms with van der Waals surface area (Å²) >= 11 is 0. The number of aliphatic hydroxyl groups is 1. The van der Waals surface area contributed by atoms with E-state index >= 15 is 0 Å². The Labute approximate surface area is 124 Å². The summed E-state index contributed by atoms with van der Waals surface area (Å²) in [6.07, 6.45) is 0. The second kappa shape index (κ2) is 6.42. The maximum atomic E-state index is 12.6. The average molecular weight is 286 g/mol. The quantitative estimate of drug-likeness (QED) is 0.753. The van der Waals surface area contributed by atoms with Gasteiger partial charge in [0.1, 0.15) is 13.2 Å². The van der Waals surface area contributed by atoms with Crippen LogP contribution in [0.1, 0.15) is 21.5 Å². The predicted octanol–water partition coefficient (Wildman–Crippen LogP) is 0.253. The van der Waals surface area contributed by atoms with E-state index in [1.165, 1.54) is 0 Å². The predicted molar refractivity (Wildman–Crippen MR) is 78.7 cm³/mol. The number of amides is 2. The summed E-state index contributed by atoms with van der Waals surface area (Å²) in [6, 6.07) is 5.41. The van der Waals surface area contributed by atoms with Crippen molar-refractivity contribution in [1.29, 1.82) is 0 Å². The van der Waals surface area contributed by atoms with Crippen LogP contribution in [0, 0.1) is 18.8 Å². The number of aryl methyl sites for hydroxylation is 1. The van der Waals surface area contributed by atoms with E-state index in [0.29, 0.717) is 24.2 Å². The van der Waals surface area contributed by atoms with Crippen molar-refractivity contribution in [2.45, 2.75) is 6.92 Å². The standard InChI is InChI=1S/C16H18N2O3/c1-12-5-6-13(4-3-9-19)14(10-12)16(21)18-8-7-17(2)15(20)11-18/h5-6,10,19H,7-9,11H2,1-2H3. The second-order valence-electron chi connectivity index (χ2n) is 5.05. The van der Waals surface area contributed by atoms with E-state index in [1.807, 2.05) is 13.0 Å². The van der Waals surface area contributed by atoms with Crippen LogP contribution in [0.4, 0.5) is 0 Å². The van der Waals surface area contributed by atoms with Crippen molar-refractivity contribution in [3.63, 3.8) is 0 Å². The molecule has 0 aromatic heterocycles. The number of hydrogen-bond donors (Lipinski definition) is 1. The van der Waals surface area contributed by atoms with Crippen molar-refractivity contribution in [2.75, 3.05) is 33.3 Å². The molecule has 0 unspecified atom stereocenters. The number of piperazine rings is 1. The number of benzene rings is 1. The Balaban J connectivity index is 2.30. The summed E-state index contributed by atoms with van der Waals surface area (Å²) in [5.74, 6) is 5.09. The summed E-state index contributed by atoms with van der Waals surface area (Å²) in [5, 5.41) is 8.81. The third kappa shape index (κ3) is 3.41. The molecular formula is C16H18N2O3. The molecule has 0 spiro atoms. The van der Waals surface area contributed by atoms with Gasteiger partial charge in [-0.15, -0.1) is 0 Å². The minimum atomic E-state index is -0.255. The van der Waals surface area contributed by atoms with E-state index in [1.54, 1.807) is 29.0 Å². The normalized spacial score (nSPS) is 14.7. The van der Waals surface area contributed by atoms with Gasteiger partial charge in [-0.1, -0.05) is 23.5 Å². The third-order valence-electron chi connectivity index (χ3n) is 3.45. The van der Waals surface area contributed by atoms with Gasteiger partial charge in [0, 0.05) is 25.7 Å². The Kier molecular flexibility index (Phi) is 4.61. The Morgan fingerprint density at radius 3 is 2.81 bits per heavy atom. The highest BCUT2D eigenvalue weighted by molar-refractivity contribution is 5.99. The molecule has 1 saturated heterocycles. The Morgan fingerprint density at radius 2 is 2.14 bits per heavy atom. The molecule has 0 bridgehead atoms. The molecule has 1 aromatic rings. The summed E-state index contributed by atoms with van der Waals surface area (Å²) in [4.78, 5) is 27.5. The molecule has 0 aliphatic carbocycles. The van der Waals surface area contributed by atoms with Crippen molar-refractivity contribution < 1.29 is 14.7 Å². The van der Waals surface area contributed by atoms with Crippen LogP contribution in [-0.2, 0) is 4.79 Å². The Morgan fingerprint density at radius 1 is 1.38 bits per heavy atom. The minimum absolute atomic E-state index is 0.0646. The molecule has 0 saturated carbocycles. The molecule has 1 N–H and O–H groups in total. The Hall–Kier alpha value is -2.32. The van der Waals surface area contributed by atoms with Gasteiger partial charge in [-0.25, -0.2) is 0 Å². The molecule has 1 fully saturated rings. The van der Waals surface area contributed by atoms with Gasteiger partial charge in [-0.05, 0) is 19.1 Å². The zero-order valence-electron chi connectivity index (χ0n) is 12.2. The van der Waals surface area contributed by atoms with Gasteiger partial charge in [0.05, 0.1) is 5.56 Å². The van der Waals surface area contributed by atoms with Crippen molar-refractivity contribution in [3.05, 3.63) is 34.9 Å². The molecule has 21 heavy (non-hydrogen) atoms. The lowest BCUT2D eigenvalue weighted by molar-refractivity contribution is -0.133. The lowest BCUT2D eigenvalue weighted by Crippen LogP contribution is -2.50. The molecule has 0 radical (unpaired) electrons. The van der Waals surface area contributed by atoms with E-state index in [-0.39, 0.29) is 25.0 Å². The zero-order chi connectivity index (χ0) is 15.4. The number of likely N-dealkylation sites (N-methyl/N-ethyl adjacent to an activating group) is 1. The molecule has 1 aliphatic rings. The lowest BCUT2D eigenvalue weighted by atomic mass is 10.0. The number of aliphatic hydroxyl groups excluding tert-OH is 1. The second-order valence-corrected chi connectivity index (χ2v) is 5.05. The molecule has 2 amide bonds. The van der Waals surface area contributed by atoms with Gasteiger partial charge in [-0.3, -0.25) is 9.59 Å². The van der Waals surface area contributed by atoms with Crippen LogP contribution < -0.4 is 0 Å². The largest absolute Gasteiger partial charge is 0.384 e. The van der Waals surface area contributed by atoms with E-state index < -0.39 is 0 Å². The summed E-state index contributed by atoms with van der Waals surface area (Å²) < 4.78 is 0. The summed E-state index contributed by atoms with van der Waals surface area (Å²) in [5.41, 5.74) is 2.01. The average Bonchev–Trinajstić information content (AvgIpc) is 2.48. The first-order chi connectivity index (χ1) is 10.0. The molecule has 110 valence electrons. The molecule has 1 aromatic carbocycles. The maximum absolute atomic E-state index is 12.6. The topological polar surface area (TPSA) is 60.9 Å². The van der Waals surface area contributed by atoms with Crippen molar-refractivity contribution in [3.8, 4) is 11.8 Å². The molecular weight excluding hydrogens is 268 g/mol. The van der Waals surface area contributed by atoms with Crippen LogP contribution in [0.5, 0.6) is 0 Å². The number of rotatable bonds is 1. The highest BCUT2D eigenvalue weighted by Gasteiger charge is 2.26. The van der Waals surface area contributed by atoms with Crippen LogP contribution >= 0.6 is 0 Å². The molecule has 5 nitrogen and oxygen atoms in total. The maximum Gasteiger partial charge on any atom is 0.255 e. The summed E-state index contributed by atoms with van der Waals surface area (Å²) in [6.45, 7) is 2.79. The van der Waals surface area contributed by atoms with Gasteiger partial charge >= 0.3 is 0 Å². The number of nitrogens with zero attached hydrogens (tertiary/aromatic N) is 2. The first kappa shape index (κ1) is 15.1. The number of carbonyl (C=O) groups excluding carboxylic acids is 2. The van der Waals surface area contributed by atoms with Gasteiger partial charge in [-0.2, -0.15) is 0 Å². The molecule has 1 aliphatic heterocycles. The minimum Gasteiger partial charge on any atom is -0.384 e. The van der Waals surface area contributed by atoms with Gasteiger partial charge in [0.25, 0.3) is 5.91 Å². The zero-order valence-corrected chi connectivity index (χ0v) is 12.2. The molecule has 0 atom stereocenters. The van der Waals surface area contributed by atoms with Crippen LogP contribution in [-0.4, -0.2) is 60.0 Å². The van der Waals surface area contributed by atoms with Crippen LogP contribution in [0.15, 0.2) is 18.2 Å². The van der Waals surface area contributed by atoms with Gasteiger partial charge < -0.3 is 14.9 Å². The lowest BCUT2D eigenvalue weighted by Gasteiger charge is -2.32. The van der Waals surface area contributed by atoms with Crippen molar-refractivity contribution in [2.24, 2.45) is 0 Å². The van der Waals surface area contributed by atoms with E-state index in [0.717, 1.165) is 5.56 Å². The van der Waals surface area contributed by atoms with E-state index in [4.69, 9.17) is 5.11 Å². The van der Waals surface area contributed by atoms with Gasteiger partial charge in [0.2, 0.25) is 5.91 Å². The molecule has 1 heterocycles. The highest BCUT2D eigenvalue weighted by Crippen LogP contribution is 2.15. The smallest absolute Gasteiger partial charge is 0.255 e. The van der Waals surface area contributed by atoms with Gasteiger partial charge in [0.15, 0.2) is 0 Å². The number of carbonyl (C=O) groups is 2. The number of hydrogen-bond acceptors (Lipinski definition) is 3. The van der Waals surface area contributed by atoms with Crippen molar-refractivity contribution in [1.82, 2.24) is 9.80 Å². The SMILES string of the molecule is Cc1ccc(C#CCO)c(C(=O)N2CCN(C)C(=O)C2)c1. The Bertz CT molecular complexity index is 628. The van der Waals surface area contributed by atoms with E-state index in [9.17, 15) is 9.59 Å². The molecule has 2 rings (SSSR count).